The zero-order valence-corrected chi connectivity index (χ0v) is 16.5. The Morgan fingerprint density at radius 2 is 1.70 bits per heavy atom. The minimum absolute atomic E-state index is 0.0281. The van der Waals surface area contributed by atoms with Crippen LogP contribution in [0.4, 0.5) is 5.69 Å². The van der Waals surface area contributed by atoms with Crippen molar-refractivity contribution in [3.63, 3.8) is 0 Å². The van der Waals surface area contributed by atoms with Crippen molar-refractivity contribution < 1.29 is 19.2 Å². The summed E-state index contributed by atoms with van der Waals surface area (Å²) in [6.07, 6.45) is 0. The summed E-state index contributed by atoms with van der Waals surface area (Å²) in [5.41, 5.74) is 1.70. The van der Waals surface area contributed by atoms with Crippen LogP contribution in [0.5, 0.6) is 5.75 Å². The highest BCUT2D eigenvalue weighted by molar-refractivity contribution is 6.30. The number of halogens is 1. The van der Waals surface area contributed by atoms with Crippen LogP contribution >= 0.6 is 11.6 Å². The molecule has 0 saturated heterocycles. The summed E-state index contributed by atoms with van der Waals surface area (Å²) < 4.78 is 5.09. The maximum absolute atomic E-state index is 12.4. The second-order valence-corrected chi connectivity index (χ2v) is 6.90. The lowest BCUT2D eigenvalue weighted by Gasteiger charge is -2.20. The molecule has 0 fully saturated rings. The van der Waals surface area contributed by atoms with Gasteiger partial charge in [0.2, 0.25) is 0 Å². The predicted octanol–water partition coefficient (Wildman–Crippen LogP) is 1.46. The molecule has 0 heterocycles. The van der Waals surface area contributed by atoms with Gasteiger partial charge in [0.25, 0.3) is 11.8 Å². The van der Waals surface area contributed by atoms with Crippen molar-refractivity contribution in [3.05, 3.63) is 59.1 Å². The third-order valence-corrected chi connectivity index (χ3v) is 4.30. The lowest BCUT2D eigenvalue weighted by molar-refractivity contribution is -0.862. The molecule has 0 aliphatic heterocycles. The van der Waals surface area contributed by atoms with Crippen LogP contribution in [0.25, 0.3) is 0 Å². The number of nitrogens with zero attached hydrogens (tertiary/aromatic N) is 1. The number of carbonyl (C=O) groups is 2. The highest BCUT2D eigenvalue weighted by atomic mass is 35.5. The summed E-state index contributed by atoms with van der Waals surface area (Å²) in [6.45, 7) is 0.938. The van der Waals surface area contributed by atoms with Crippen molar-refractivity contribution in [3.8, 4) is 5.75 Å². The fourth-order valence-corrected chi connectivity index (χ4v) is 2.69. The van der Waals surface area contributed by atoms with Crippen molar-refractivity contribution in [2.24, 2.45) is 0 Å². The number of nitrogens with one attached hydrogen (secondary N) is 2. The molecule has 2 N–H and O–H groups in total. The van der Waals surface area contributed by atoms with E-state index in [4.69, 9.17) is 16.3 Å². The lowest BCUT2D eigenvalue weighted by atomic mass is 10.2. The van der Waals surface area contributed by atoms with Crippen LogP contribution in [0.3, 0.4) is 0 Å². The number of likely N-dealkylation sites (N-methyl/N-ethyl adjacent to an activating group) is 2. The molecule has 0 spiro atoms. The third kappa shape index (κ3) is 6.92. The first-order chi connectivity index (χ1) is 12.9. The van der Waals surface area contributed by atoms with Crippen LogP contribution in [0.15, 0.2) is 48.5 Å². The number of ether oxygens (including phenoxy) is 1. The standard InChI is InChI=1S/C20H24ClN3O3/c1-23(13-19(25)22-17-8-10-18(27-3)11-9-17)14-20(26)24(2)12-15-4-6-16(21)7-5-15/h4-11H,12-14H2,1-3H3,(H,22,25)/p+1. The zero-order valence-electron chi connectivity index (χ0n) is 15.8. The molecule has 27 heavy (non-hydrogen) atoms. The average Bonchev–Trinajstić information content (AvgIpc) is 2.63. The van der Waals surface area contributed by atoms with Gasteiger partial charge in [0.15, 0.2) is 13.1 Å². The number of amides is 2. The molecule has 0 radical (unpaired) electrons. The summed E-state index contributed by atoms with van der Waals surface area (Å²) in [6, 6.07) is 14.5. The molecule has 0 aromatic heterocycles. The van der Waals surface area contributed by atoms with Crippen molar-refractivity contribution in [1.29, 1.82) is 0 Å². The summed E-state index contributed by atoms with van der Waals surface area (Å²) in [5.74, 6) is 0.551. The van der Waals surface area contributed by atoms with E-state index in [0.717, 1.165) is 16.2 Å². The quantitative estimate of drug-likeness (QED) is 0.717. The fraction of sp³-hybridized carbons (Fsp3) is 0.300. The minimum atomic E-state index is -0.147. The van der Waals surface area contributed by atoms with Gasteiger partial charge in [-0.15, -0.1) is 0 Å². The molecule has 1 atom stereocenters. The smallest absolute Gasteiger partial charge is 0.279 e. The number of hydrogen-bond donors (Lipinski definition) is 2. The van der Waals surface area contributed by atoms with E-state index in [1.54, 1.807) is 55.5 Å². The van der Waals surface area contributed by atoms with Crippen LogP contribution in [-0.2, 0) is 16.1 Å². The number of methoxy groups -OCH3 is 1. The van der Waals surface area contributed by atoms with Crippen LogP contribution in [0, 0.1) is 0 Å². The number of carbonyl (C=O) groups excluding carboxylic acids is 2. The number of rotatable bonds is 8. The van der Waals surface area contributed by atoms with Gasteiger partial charge in [0.1, 0.15) is 5.75 Å². The molecule has 6 nitrogen and oxygen atoms in total. The first-order valence-corrected chi connectivity index (χ1v) is 8.99. The summed E-state index contributed by atoms with van der Waals surface area (Å²) in [5, 5.41) is 3.49. The monoisotopic (exact) mass is 390 g/mol. The predicted molar refractivity (Wildman–Crippen MR) is 106 cm³/mol. The third-order valence-electron chi connectivity index (χ3n) is 4.05. The normalized spacial score (nSPS) is 11.6. The number of benzene rings is 2. The Morgan fingerprint density at radius 3 is 2.30 bits per heavy atom. The molecule has 0 bridgehead atoms. The molecule has 0 aliphatic carbocycles. The second-order valence-electron chi connectivity index (χ2n) is 6.46. The first-order valence-electron chi connectivity index (χ1n) is 8.61. The Kier molecular flexibility index (Phi) is 7.64. The largest absolute Gasteiger partial charge is 0.497 e. The highest BCUT2D eigenvalue weighted by Gasteiger charge is 2.17. The maximum Gasteiger partial charge on any atom is 0.279 e. The van der Waals surface area contributed by atoms with Gasteiger partial charge in [-0.1, -0.05) is 23.7 Å². The maximum atomic E-state index is 12.4. The SMILES string of the molecule is COc1ccc(NC(=O)C[NH+](C)CC(=O)N(C)Cc2ccc(Cl)cc2)cc1. The van der Waals surface area contributed by atoms with Gasteiger partial charge in [0.05, 0.1) is 14.2 Å². The van der Waals surface area contributed by atoms with Gasteiger partial charge in [-0.25, -0.2) is 0 Å². The van der Waals surface area contributed by atoms with E-state index in [-0.39, 0.29) is 24.9 Å². The summed E-state index contributed by atoms with van der Waals surface area (Å²) in [7, 11) is 5.16. The second kappa shape index (κ2) is 9.94. The number of quaternary nitrogens is 1. The van der Waals surface area contributed by atoms with E-state index in [9.17, 15) is 9.59 Å². The van der Waals surface area contributed by atoms with Gasteiger partial charge >= 0.3 is 0 Å². The Labute approximate surface area is 164 Å². The van der Waals surface area contributed by atoms with Crippen LogP contribution < -0.4 is 15.0 Å². The Bertz CT molecular complexity index is 763. The van der Waals surface area contributed by atoms with Crippen LogP contribution in [0.1, 0.15) is 5.56 Å². The van der Waals surface area contributed by atoms with Crippen LogP contribution in [0.2, 0.25) is 5.02 Å². The molecular formula is C20H25ClN3O3+. The van der Waals surface area contributed by atoms with Crippen LogP contribution in [-0.4, -0.2) is 51.0 Å². The number of hydrogen-bond acceptors (Lipinski definition) is 3. The van der Waals surface area contributed by atoms with Gasteiger partial charge in [-0.3, -0.25) is 9.59 Å². The van der Waals surface area contributed by atoms with E-state index < -0.39 is 0 Å². The van der Waals surface area contributed by atoms with E-state index in [0.29, 0.717) is 17.3 Å². The molecule has 2 aromatic carbocycles. The van der Waals surface area contributed by atoms with Crippen molar-refractivity contribution in [2.75, 3.05) is 39.6 Å². The molecule has 144 valence electrons. The molecule has 0 saturated carbocycles. The van der Waals surface area contributed by atoms with Gasteiger partial charge in [-0.05, 0) is 42.0 Å². The lowest BCUT2D eigenvalue weighted by Crippen LogP contribution is -3.11. The molecule has 7 heteroatoms. The molecule has 2 amide bonds. The Hall–Kier alpha value is -2.57. The van der Waals surface area contributed by atoms with Crippen molar-refractivity contribution in [2.45, 2.75) is 6.54 Å². The molecular weight excluding hydrogens is 366 g/mol. The van der Waals surface area contributed by atoms with Crippen molar-refractivity contribution in [1.82, 2.24) is 4.90 Å². The molecule has 0 aliphatic rings. The first kappa shape index (κ1) is 20.7. The van der Waals surface area contributed by atoms with Gasteiger partial charge in [0, 0.05) is 24.3 Å². The Balaban J connectivity index is 1.78. The van der Waals surface area contributed by atoms with E-state index in [1.165, 1.54) is 0 Å². The fourth-order valence-electron chi connectivity index (χ4n) is 2.56. The number of anilines is 1. The minimum Gasteiger partial charge on any atom is -0.497 e. The summed E-state index contributed by atoms with van der Waals surface area (Å²) >= 11 is 5.87. The molecule has 2 rings (SSSR count). The van der Waals surface area contributed by atoms with E-state index >= 15 is 0 Å². The Morgan fingerprint density at radius 1 is 1.07 bits per heavy atom. The topological polar surface area (TPSA) is 63.1 Å². The van der Waals surface area contributed by atoms with Crippen molar-refractivity contribution >= 4 is 29.1 Å². The average molecular weight is 391 g/mol. The zero-order chi connectivity index (χ0) is 19.8. The van der Waals surface area contributed by atoms with E-state index in [1.807, 2.05) is 19.2 Å². The summed E-state index contributed by atoms with van der Waals surface area (Å²) in [4.78, 5) is 27.0. The highest BCUT2D eigenvalue weighted by Crippen LogP contribution is 2.14. The molecule has 2 aromatic rings. The van der Waals surface area contributed by atoms with Gasteiger partial charge in [-0.2, -0.15) is 0 Å². The van der Waals surface area contributed by atoms with E-state index in [2.05, 4.69) is 5.32 Å². The van der Waals surface area contributed by atoms with Gasteiger partial charge < -0.3 is 19.9 Å². The molecule has 1 unspecified atom stereocenters.